The first-order chi connectivity index (χ1) is 53.1. The van der Waals surface area contributed by atoms with E-state index >= 15 is 14.4 Å². The van der Waals surface area contributed by atoms with Crippen molar-refractivity contribution in [3.63, 3.8) is 0 Å². The lowest BCUT2D eigenvalue weighted by molar-refractivity contribution is -0.911. The molecule has 2 saturated heterocycles. The number of aryl methyl sites for hydroxylation is 1. The summed E-state index contributed by atoms with van der Waals surface area (Å²) in [5.74, 6) is -2.86. The number of likely N-dealkylation sites (tertiary alicyclic amines) is 1. The van der Waals surface area contributed by atoms with Crippen molar-refractivity contribution in [2.75, 3.05) is 65.1 Å². The van der Waals surface area contributed by atoms with Gasteiger partial charge in [0.1, 0.15) is 87.5 Å². The van der Waals surface area contributed by atoms with Gasteiger partial charge in [-0.1, -0.05) is 137 Å². The highest BCUT2D eigenvalue weighted by molar-refractivity contribution is 8.00. The second-order valence-corrected chi connectivity index (χ2v) is 31.5. The van der Waals surface area contributed by atoms with Crippen LogP contribution >= 0.6 is 46.3 Å². The number of amides is 4. The number of halogens is 2. The maximum atomic E-state index is 15.6. The zero-order valence-electron chi connectivity index (χ0n) is 63.0. The summed E-state index contributed by atoms with van der Waals surface area (Å²) >= 11 is 16.2. The predicted molar refractivity (Wildman–Crippen MR) is 419 cm³/mol. The average Bonchev–Trinajstić information content (AvgIpc) is 0.972. The summed E-state index contributed by atoms with van der Waals surface area (Å²) in [6, 6.07) is 39.9. The minimum atomic E-state index is -1.85. The highest BCUT2D eigenvalue weighted by Gasteiger charge is 2.56. The summed E-state index contributed by atoms with van der Waals surface area (Å²) in [5.41, 5.74) is 0.590. The fourth-order valence-electron chi connectivity index (χ4n) is 12.9. The van der Waals surface area contributed by atoms with E-state index < -0.39 is 94.1 Å². The number of β-lactam (4-membered cyclic amide) rings is 1. The zero-order chi connectivity index (χ0) is 79.3. The number of fused-ring (bicyclic) bond motifs is 2. The van der Waals surface area contributed by atoms with Crippen LogP contribution in [0.2, 0.25) is 9.36 Å². The fraction of sp³-hybridized carbons (Fsp3) is 0.358. The van der Waals surface area contributed by atoms with Gasteiger partial charge in [-0.25, -0.2) is 19.4 Å². The molecule has 5 heterocycles. The number of methoxy groups -OCH3 is 3. The zero-order valence-corrected chi connectivity index (χ0v) is 66.2. The van der Waals surface area contributed by atoms with Crippen molar-refractivity contribution in [3.05, 3.63) is 216 Å². The molecule has 0 spiro atoms. The van der Waals surface area contributed by atoms with E-state index in [1.54, 1.807) is 103 Å². The summed E-state index contributed by atoms with van der Waals surface area (Å²) < 4.78 is 53.9. The number of rotatable bonds is 31. The first-order valence-corrected chi connectivity index (χ1v) is 38.5. The number of ether oxygens (including phenoxy) is 9. The molecular weight excluding hydrogens is 1510 g/mol. The number of thioether (sulfide) groups is 1. The second kappa shape index (κ2) is 36.0. The first-order valence-electron chi connectivity index (χ1n) is 35.9. The summed E-state index contributed by atoms with van der Waals surface area (Å²) in [6.07, 6.45) is -1.37. The van der Waals surface area contributed by atoms with E-state index in [1.165, 1.54) is 30.0 Å². The van der Waals surface area contributed by atoms with Crippen molar-refractivity contribution in [1.82, 2.24) is 25.1 Å². The number of carbonyl (C=O) groups is 7. The van der Waals surface area contributed by atoms with Gasteiger partial charge in [-0.05, 0) is 113 Å². The number of benzene rings is 6. The van der Waals surface area contributed by atoms with Crippen molar-refractivity contribution < 1.29 is 85.5 Å². The molecule has 3 N–H and O–H groups in total. The Kier molecular flexibility index (Phi) is 26.4. The Morgan fingerprint density at radius 1 is 0.730 bits per heavy atom. The number of nitrogens with zero attached hydrogens (tertiary/aromatic N) is 5. The third kappa shape index (κ3) is 20.3. The van der Waals surface area contributed by atoms with Crippen LogP contribution in [0.1, 0.15) is 118 Å². The minimum absolute atomic E-state index is 0.0369. The van der Waals surface area contributed by atoms with Gasteiger partial charge in [0.25, 0.3) is 17.7 Å². The lowest BCUT2D eigenvalue weighted by atomic mass is 10.00. The van der Waals surface area contributed by atoms with Crippen LogP contribution in [0.15, 0.2) is 167 Å². The van der Waals surface area contributed by atoms with Gasteiger partial charge in [0.2, 0.25) is 11.5 Å². The lowest BCUT2D eigenvalue weighted by Gasteiger charge is -2.50. The Morgan fingerprint density at radius 3 is 1.86 bits per heavy atom. The van der Waals surface area contributed by atoms with Crippen molar-refractivity contribution in [3.8, 4) is 28.7 Å². The van der Waals surface area contributed by atoms with Gasteiger partial charge >= 0.3 is 24.0 Å². The number of anilines is 1. The molecule has 0 aliphatic carbocycles. The van der Waals surface area contributed by atoms with Crippen molar-refractivity contribution in [2.45, 2.75) is 129 Å². The molecular formula is C81H87Cl2N8O18S2+. The Labute approximate surface area is 660 Å². The molecule has 26 nitrogen and oxygen atoms in total. The quantitative estimate of drug-likeness (QED) is 0.00908. The van der Waals surface area contributed by atoms with E-state index in [2.05, 4.69) is 26.1 Å². The van der Waals surface area contributed by atoms with Gasteiger partial charge in [-0.15, -0.1) is 11.8 Å². The molecule has 6 aromatic carbocycles. The SMILES string of the molecule is CCn1cc(C(=O)NCC[N+]2(CC3=C(C(=O)OC(c4ccccc4)c4ccccc4)N4C(=O)[C@@H](NC(=O)C(=NOC(CC(=O)OC(C)(C)C)C(=O)OCc5ccc(OC)cc5)c5nc(NC(=O)OC(C)(C)C)sc5Cl)[C@H]4SC3)CCCC2)c(=O)c2c(Cl)c(OCc3ccc(OC)cc3)c(OCc3ccc(OC)cc3)cc21. The number of oxime groups is 1. The topological polar surface area (TPSA) is 298 Å². The summed E-state index contributed by atoms with van der Waals surface area (Å²) in [5, 5.41) is 11.3. The minimum Gasteiger partial charge on any atom is -0.497 e. The van der Waals surface area contributed by atoms with E-state index in [-0.39, 0.29) is 87.0 Å². The number of esters is 3. The number of quaternary nitrogens is 1. The Morgan fingerprint density at radius 2 is 1.30 bits per heavy atom. The van der Waals surface area contributed by atoms with Crippen LogP contribution in [0.5, 0.6) is 28.7 Å². The normalized spacial score (nSPS) is 15.7. The molecule has 0 radical (unpaired) electrons. The summed E-state index contributed by atoms with van der Waals surface area (Å²) in [7, 11) is 4.66. The highest BCUT2D eigenvalue weighted by atomic mass is 35.5. The van der Waals surface area contributed by atoms with E-state index in [1.807, 2.05) is 104 Å². The number of hydrogen-bond donors (Lipinski definition) is 3. The number of pyridine rings is 1. The van der Waals surface area contributed by atoms with Crippen molar-refractivity contribution >= 4 is 110 Å². The van der Waals surface area contributed by atoms with Crippen LogP contribution in [0.4, 0.5) is 9.93 Å². The van der Waals surface area contributed by atoms with Crippen LogP contribution < -0.4 is 45.1 Å². The number of thiazole rings is 1. The van der Waals surface area contributed by atoms with Crippen LogP contribution in [-0.4, -0.2) is 155 Å². The molecule has 3 atom stereocenters. The van der Waals surface area contributed by atoms with Gasteiger partial charge in [0, 0.05) is 43.0 Å². The molecule has 0 bridgehead atoms. The Hall–Kier alpha value is -10.7. The summed E-state index contributed by atoms with van der Waals surface area (Å²) in [6.45, 7) is 13.8. The molecule has 584 valence electrons. The van der Waals surface area contributed by atoms with Gasteiger partial charge in [-0.3, -0.25) is 34.2 Å². The maximum absolute atomic E-state index is 15.6. The monoisotopic (exact) mass is 1590 g/mol. The molecule has 0 saturated carbocycles. The molecule has 2 aromatic heterocycles. The van der Waals surface area contributed by atoms with Gasteiger partial charge in [0.15, 0.2) is 28.4 Å². The van der Waals surface area contributed by atoms with Crippen LogP contribution in [0.25, 0.3) is 10.9 Å². The molecule has 3 aliphatic rings. The van der Waals surface area contributed by atoms with Crippen LogP contribution in [0.3, 0.4) is 0 Å². The third-order valence-corrected chi connectivity index (χ3v) is 21.1. The molecule has 111 heavy (non-hydrogen) atoms. The molecule has 4 amide bonds. The van der Waals surface area contributed by atoms with E-state index in [4.69, 9.17) is 70.7 Å². The molecule has 30 heteroatoms. The number of aromatic nitrogens is 2. The standard InChI is InChI=1S/C81H86Cl2N8O18S2/c1-11-89-42-57(68(93)62-58(89)40-59(103-44-48-24-30-54(100-8)31-25-48)70(63(62)82)104-45-49-26-32-55(101-9)33-27-49)72(94)84-36-39-91(37-18-19-38-91)43-53-47-110-75-66(74(96)90(75)67(53)77(98)106-69(51-20-14-12-15-21-51)52-22-16-13-17-23-52)85-73(95)65(64-71(83)111-78(86-64)87-79(99)108-81(5,6)7)88-109-60(41-61(92)107-80(2,3)4)76(97)105-46-50-28-34-56(102-10)35-29-50/h12-17,20-35,40,42,60,66,69,75H,11,18-19,36-39,41,43-47H2,1-10H3,(H2-,84,85,86,87,94,95,99)/p+1/t60?,66-,75-/m1/s1. The molecule has 1 unspecified atom stereocenters. The van der Waals surface area contributed by atoms with E-state index in [0.717, 1.165) is 35.3 Å². The maximum Gasteiger partial charge on any atom is 0.413 e. The van der Waals surface area contributed by atoms with Gasteiger partial charge in [-0.2, -0.15) is 0 Å². The predicted octanol–water partition coefficient (Wildman–Crippen LogP) is 12.9. The number of carbonyl (C=O) groups excluding carboxylic acids is 7. The van der Waals surface area contributed by atoms with Crippen molar-refractivity contribution in [1.29, 1.82) is 0 Å². The molecule has 8 aromatic rings. The van der Waals surface area contributed by atoms with E-state index in [0.29, 0.717) is 75.7 Å². The van der Waals surface area contributed by atoms with Gasteiger partial charge < -0.3 is 67.2 Å². The first kappa shape index (κ1) is 81.3. The van der Waals surface area contributed by atoms with Crippen molar-refractivity contribution in [2.24, 2.45) is 5.16 Å². The smallest absolute Gasteiger partial charge is 0.413 e. The Balaban J connectivity index is 0.888. The molecule has 2 fully saturated rings. The Bertz CT molecular complexity index is 4810. The largest absolute Gasteiger partial charge is 0.497 e. The van der Waals surface area contributed by atoms with Crippen LogP contribution in [0, 0.1) is 0 Å². The van der Waals surface area contributed by atoms with Gasteiger partial charge in [0.05, 0.1) is 69.9 Å². The molecule has 3 aliphatic heterocycles. The fourth-order valence-corrected chi connectivity index (χ4v) is 15.6. The number of hydrogen-bond acceptors (Lipinski definition) is 22. The molecule has 11 rings (SSSR count). The summed E-state index contributed by atoms with van der Waals surface area (Å²) in [4.78, 5) is 128. The third-order valence-electron chi connectivity index (χ3n) is 18.3. The highest BCUT2D eigenvalue weighted by Crippen LogP contribution is 2.45. The second-order valence-electron chi connectivity index (χ2n) is 28.4. The van der Waals surface area contributed by atoms with E-state index in [9.17, 15) is 24.0 Å². The lowest BCUT2D eigenvalue weighted by Crippen LogP contribution is -2.71. The number of nitrogens with one attached hydrogen (secondary N) is 3. The average molecular weight is 1600 g/mol. The van der Waals surface area contributed by atoms with Crippen LogP contribution in [-0.2, 0) is 74.1 Å².